The highest BCUT2D eigenvalue weighted by Gasteiger charge is 2.47. The van der Waals surface area contributed by atoms with E-state index in [0.717, 1.165) is 5.69 Å². The van der Waals surface area contributed by atoms with Crippen LogP contribution in [0, 0.1) is 0 Å². The van der Waals surface area contributed by atoms with E-state index in [2.05, 4.69) is 0 Å². The summed E-state index contributed by atoms with van der Waals surface area (Å²) >= 11 is 0. The molecule has 2 aromatic carbocycles. The average Bonchev–Trinajstić information content (AvgIpc) is 3.22. The second-order valence-corrected chi connectivity index (χ2v) is 6.44. The van der Waals surface area contributed by atoms with Gasteiger partial charge in [0.05, 0.1) is 24.3 Å². The Labute approximate surface area is 151 Å². The molecule has 2 heterocycles. The molecule has 2 aliphatic rings. The molecule has 2 atom stereocenters. The van der Waals surface area contributed by atoms with Crippen LogP contribution >= 0.6 is 0 Å². The van der Waals surface area contributed by atoms with Gasteiger partial charge in [-0.2, -0.15) is 0 Å². The van der Waals surface area contributed by atoms with Crippen molar-refractivity contribution in [1.82, 2.24) is 4.90 Å². The van der Waals surface area contributed by atoms with Crippen molar-refractivity contribution in [1.29, 1.82) is 0 Å². The van der Waals surface area contributed by atoms with Gasteiger partial charge in [-0.05, 0) is 24.3 Å². The molecule has 0 spiro atoms. The second kappa shape index (κ2) is 6.29. The van der Waals surface area contributed by atoms with E-state index in [4.69, 9.17) is 4.74 Å². The van der Waals surface area contributed by atoms with Crippen LogP contribution in [0.1, 0.15) is 27.1 Å². The Morgan fingerprint density at radius 3 is 2.12 bits per heavy atom. The molecule has 2 aliphatic heterocycles. The third-order valence-corrected chi connectivity index (χ3v) is 5.03. The van der Waals surface area contributed by atoms with Crippen molar-refractivity contribution in [2.75, 3.05) is 18.6 Å². The van der Waals surface area contributed by atoms with Crippen molar-refractivity contribution < 1.29 is 19.1 Å². The van der Waals surface area contributed by atoms with Gasteiger partial charge in [0.15, 0.2) is 0 Å². The van der Waals surface area contributed by atoms with Crippen LogP contribution in [0.4, 0.5) is 5.69 Å². The van der Waals surface area contributed by atoms with Gasteiger partial charge < -0.3 is 9.64 Å². The van der Waals surface area contributed by atoms with Gasteiger partial charge in [0.1, 0.15) is 6.04 Å². The zero-order valence-electron chi connectivity index (χ0n) is 14.3. The minimum Gasteiger partial charge on any atom is -0.467 e. The first-order chi connectivity index (χ1) is 12.6. The molecule has 1 saturated heterocycles. The smallest absolute Gasteiger partial charge is 0.328 e. The third-order valence-electron chi connectivity index (χ3n) is 5.03. The van der Waals surface area contributed by atoms with E-state index in [1.807, 2.05) is 35.2 Å². The molecule has 0 saturated carbocycles. The Bertz CT molecular complexity index is 845. The molecule has 4 rings (SSSR count). The fourth-order valence-electron chi connectivity index (χ4n) is 3.80. The monoisotopic (exact) mass is 350 g/mol. The number of carbonyl (C=O) groups excluding carboxylic acids is 3. The predicted octanol–water partition coefficient (Wildman–Crippen LogP) is 2.10. The van der Waals surface area contributed by atoms with Crippen LogP contribution in [0.15, 0.2) is 54.6 Å². The van der Waals surface area contributed by atoms with E-state index in [1.54, 1.807) is 24.3 Å². The minimum atomic E-state index is -0.531. The average molecular weight is 350 g/mol. The molecule has 0 radical (unpaired) electrons. The van der Waals surface area contributed by atoms with Gasteiger partial charge in [0, 0.05) is 18.7 Å². The Morgan fingerprint density at radius 2 is 1.54 bits per heavy atom. The fraction of sp³-hybridized carbons (Fsp3) is 0.250. The second-order valence-electron chi connectivity index (χ2n) is 6.44. The highest BCUT2D eigenvalue weighted by atomic mass is 16.5. The molecule has 0 bridgehead atoms. The van der Waals surface area contributed by atoms with Crippen LogP contribution in [0.3, 0.4) is 0 Å². The maximum absolute atomic E-state index is 12.8. The lowest BCUT2D eigenvalue weighted by atomic mass is 10.1. The summed E-state index contributed by atoms with van der Waals surface area (Å²) in [6, 6.07) is 15.4. The molecule has 2 amide bonds. The summed E-state index contributed by atoms with van der Waals surface area (Å²) in [5.74, 6) is -0.962. The number of benzene rings is 2. The Kier molecular flexibility index (Phi) is 3.95. The summed E-state index contributed by atoms with van der Waals surface area (Å²) in [6.45, 7) is 0.398. The van der Waals surface area contributed by atoms with E-state index in [0.29, 0.717) is 24.1 Å². The first-order valence-electron chi connectivity index (χ1n) is 8.48. The number of methoxy groups -OCH3 is 1. The van der Waals surface area contributed by atoms with E-state index in [9.17, 15) is 14.4 Å². The molecule has 0 aromatic heterocycles. The van der Waals surface area contributed by atoms with E-state index < -0.39 is 6.04 Å². The highest BCUT2D eigenvalue weighted by Crippen LogP contribution is 2.33. The number of esters is 1. The summed E-state index contributed by atoms with van der Waals surface area (Å²) in [5, 5.41) is 0. The molecular weight excluding hydrogens is 332 g/mol. The number of rotatable bonds is 3. The molecule has 6 nitrogen and oxygen atoms in total. The number of para-hydroxylation sites is 1. The Morgan fingerprint density at radius 1 is 0.962 bits per heavy atom. The summed E-state index contributed by atoms with van der Waals surface area (Å²) < 4.78 is 4.94. The molecule has 0 aliphatic carbocycles. The zero-order valence-corrected chi connectivity index (χ0v) is 14.3. The van der Waals surface area contributed by atoms with Crippen molar-refractivity contribution in [2.45, 2.75) is 18.5 Å². The normalized spacial score (nSPS) is 21.9. The number of hydrogen-bond donors (Lipinski definition) is 0. The maximum Gasteiger partial charge on any atom is 0.328 e. The predicted molar refractivity (Wildman–Crippen MR) is 94.9 cm³/mol. The summed E-state index contributed by atoms with van der Waals surface area (Å²) in [6.07, 6.45) is 0.354. The Hall–Kier alpha value is -3.15. The quantitative estimate of drug-likeness (QED) is 0.626. The first-order valence-corrected chi connectivity index (χ1v) is 8.48. The minimum absolute atomic E-state index is 0.297. The van der Waals surface area contributed by atoms with E-state index in [-0.39, 0.29) is 23.8 Å². The fourth-order valence-corrected chi connectivity index (χ4v) is 3.80. The number of nitrogens with zero attached hydrogens (tertiary/aromatic N) is 2. The topological polar surface area (TPSA) is 66.9 Å². The van der Waals surface area contributed by atoms with Crippen LogP contribution < -0.4 is 4.90 Å². The highest BCUT2D eigenvalue weighted by molar-refractivity contribution is 6.21. The molecule has 1 fully saturated rings. The van der Waals surface area contributed by atoms with Gasteiger partial charge in [0.2, 0.25) is 0 Å². The van der Waals surface area contributed by atoms with Crippen LogP contribution in [0.5, 0.6) is 0 Å². The molecular formula is C20H18N2O4. The zero-order chi connectivity index (χ0) is 18.3. The largest absolute Gasteiger partial charge is 0.467 e. The molecule has 0 unspecified atom stereocenters. The number of anilines is 1. The summed E-state index contributed by atoms with van der Waals surface area (Å²) in [4.78, 5) is 41.0. The molecule has 2 aromatic rings. The van der Waals surface area contributed by atoms with E-state index in [1.165, 1.54) is 12.0 Å². The number of imide groups is 1. The van der Waals surface area contributed by atoms with Gasteiger partial charge in [-0.3, -0.25) is 14.5 Å². The number of amides is 2. The van der Waals surface area contributed by atoms with Gasteiger partial charge in [-0.1, -0.05) is 30.3 Å². The molecule has 6 heteroatoms. The van der Waals surface area contributed by atoms with Crippen LogP contribution in [0.2, 0.25) is 0 Å². The Balaban J connectivity index is 1.66. The lowest BCUT2D eigenvalue weighted by Gasteiger charge is -2.25. The SMILES string of the molecule is COC(=O)[C@@H]1C[C@H](N2C(=O)c3ccccc3C2=O)CN1c1ccccc1. The van der Waals surface area contributed by atoms with Crippen LogP contribution in [0.25, 0.3) is 0 Å². The van der Waals surface area contributed by atoms with Crippen molar-refractivity contribution in [3.8, 4) is 0 Å². The number of ether oxygens (including phenoxy) is 1. The first kappa shape index (κ1) is 16.3. The standard InChI is InChI=1S/C20H18N2O4/c1-26-20(25)17-11-14(12-21(17)13-7-3-2-4-8-13)22-18(23)15-9-5-6-10-16(15)19(22)24/h2-10,14,17H,11-12H2,1H3/t14-,17-/m0/s1. The lowest BCUT2D eigenvalue weighted by Crippen LogP contribution is -2.41. The lowest BCUT2D eigenvalue weighted by molar-refractivity contribution is -0.142. The van der Waals surface area contributed by atoms with E-state index >= 15 is 0 Å². The van der Waals surface area contributed by atoms with Crippen molar-refractivity contribution >= 4 is 23.5 Å². The number of carbonyl (C=O) groups is 3. The number of hydrogen-bond acceptors (Lipinski definition) is 5. The third kappa shape index (κ3) is 2.45. The molecule has 26 heavy (non-hydrogen) atoms. The van der Waals surface area contributed by atoms with Gasteiger partial charge >= 0.3 is 5.97 Å². The van der Waals surface area contributed by atoms with Crippen molar-refractivity contribution in [2.24, 2.45) is 0 Å². The van der Waals surface area contributed by atoms with Gasteiger partial charge in [-0.15, -0.1) is 0 Å². The van der Waals surface area contributed by atoms with Crippen molar-refractivity contribution in [3.63, 3.8) is 0 Å². The maximum atomic E-state index is 12.8. The van der Waals surface area contributed by atoms with Crippen LogP contribution in [-0.4, -0.2) is 48.4 Å². The summed E-state index contributed by atoms with van der Waals surface area (Å²) in [5.41, 5.74) is 1.71. The summed E-state index contributed by atoms with van der Waals surface area (Å²) in [7, 11) is 1.35. The van der Waals surface area contributed by atoms with Crippen molar-refractivity contribution in [3.05, 3.63) is 65.7 Å². The van der Waals surface area contributed by atoms with Crippen LogP contribution in [-0.2, 0) is 9.53 Å². The number of fused-ring (bicyclic) bond motifs is 1. The van der Waals surface area contributed by atoms with Gasteiger partial charge in [0.25, 0.3) is 11.8 Å². The molecule has 132 valence electrons. The van der Waals surface area contributed by atoms with Gasteiger partial charge in [-0.25, -0.2) is 4.79 Å². The molecule has 0 N–H and O–H groups in total.